The van der Waals surface area contributed by atoms with Crippen LogP contribution in [0.3, 0.4) is 0 Å². The summed E-state index contributed by atoms with van der Waals surface area (Å²) in [6.07, 6.45) is -4.80. The van der Waals surface area contributed by atoms with Gasteiger partial charge in [0.15, 0.2) is 5.69 Å². The molecule has 0 radical (unpaired) electrons. The molecule has 0 atom stereocenters. The summed E-state index contributed by atoms with van der Waals surface area (Å²) in [7, 11) is 1.46. The zero-order valence-corrected chi connectivity index (χ0v) is 16.9. The summed E-state index contributed by atoms with van der Waals surface area (Å²) >= 11 is 5.86. The predicted octanol–water partition coefficient (Wildman–Crippen LogP) is 4.86. The lowest BCUT2D eigenvalue weighted by Gasteiger charge is -2.10. The van der Waals surface area contributed by atoms with Crippen molar-refractivity contribution in [3.63, 3.8) is 0 Å². The number of halogens is 5. The number of aromatic nitrogens is 4. The highest BCUT2D eigenvalue weighted by Gasteiger charge is 2.36. The fourth-order valence-corrected chi connectivity index (χ4v) is 3.06. The van der Waals surface area contributed by atoms with E-state index in [-0.39, 0.29) is 16.4 Å². The second-order valence-corrected chi connectivity index (χ2v) is 6.89. The maximum Gasteiger partial charge on any atom is 0.433 e. The van der Waals surface area contributed by atoms with Crippen LogP contribution in [0.25, 0.3) is 17.0 Å². The van der Waals surface area contributed by atoms with Gasteiger partial charge in [-0.05, 0) is 48.5 Å². The normalized spacial score (nSPS) is 11.6. The number of benzene rings is 2. The number of fused-ring (bicyclic) bond motifs is 1. The summed E-state index contributed by atoms with van der Waals surface area (Å²) < 4.78 is 59.7. The minimum atomic E-state index is -4.80. The molecule has 0 saturated carbocycles. The van der Waals surface area contributed by atoms with Crippen molar-refractivity contribution in [3.8, 4) is 17.0 Å². The summed E-state index contributed by atoms with van der Waals surface area (Å²) in [6.45, 7) is 0. The van der Waals surface area contributed by atoms with Crippen molar-refractivity contribution in [1.29, 1.82) is 0 Å². The number of ether oxygens (including phenoxy) is 1. The molecule has 0 aliphatic heterocycles. The molecule has 0 aliphatic rings. The number of carbonyl (C=O) groups is 1. The molecule has 0 spiro atoms. The number of methoxy groups -OCH3 is 1. The SMILES string of the molecule is COc1ccc(-c2cc(C(F)(F)F)n3nc(C(=O)Nc4ccc(F)cc4Cl)nc3n2)cc1. The van der Waals surface area contributed by atoms with Gasteiger partial charge in [-0.2, -0.15) is 22.7 Å². The van der Waals surface area contributed by atoms with Gasteiger partial charge < -0.3 is 10.1 Å². The van der Waals surface area contributed by atoms with Crippen LogP contribution in [0.5, 0.6) is 5.75 Å². The third-order valence-corrected chi connectivity index (χ3v) is 4.68. The van der Waals surface area contributed by atoms with Crippen molar-refractivity contribution < 1.29 is 27.1 Å². The second kappa shape index (κ2) is 8.08. The molecule has 12 heteroatoms. The molecule has 2 aromatic carbocycles. The number of alkyl halides is 3. The molecular formula is C20H12ClF4N5O2. The highest BCUT2D eigenvalue weighted by molar-refractivity contribution is 6.33. The lowest BCUT2D eigenvalue weighted by Crippen LogP contribution is -2.16. The van der Waals surface area contributed by atoms with Gasteiger partial charge in [-0.15, -0.1) is 5.10 Å². The Morgan fingerprint density at radius 1 is 1.09 bits per heavy atom. The molecule has 0 aliphatic carbocycles. The first-order valence-corrected chi connectivity index (χ1v) is 9.29. The number of carbonyl (C=O) groups excluding carboxylic acids is 1. The Labute approximate surface area is 182 Å². The minimum Gasteiger partial charge on any atom is -0.497 e. The van der Waals surface area contributed by atoms with Crippen molar-refractivity contribution in [3.05, 3.63) is 70.9 Å². The smallest absolute Gasteiger partial charge is 0.433 e. The molecule has 32 heavy (non-hydrogen) atoms. The largest absolute Gasteiger partial charge is 0.497 e. The molecule has 0 fully saturated rings. The van der Waals surface area contributed by atoms with E-state index in [2.05, 4.69) is 20.4 Å². The van der Waals surface area contributed by atoms with Crippen LogP contribution in [0.2, 0.25) is 5.02 Å². The fraction of sp³-hybridized carbons (Fsp3) is 0.100. The third-order valence-electron chi connectivity index (χ3n) is 4.37. The summed E-state index contributed by atoms with van der Waals surface area (Å²) in [5.74, 6) is -2.05. The van der Waals surface area contributed by atoms with Gasteiger partial charge in [-0.3, -0.25) is 4.79 Å². The Bertz CT molecular complexity index is 1320. The van der Waals surface area contributed by atoms with Crippen LogP contribution >= 0.6 is 11.6 Å². The van der Waals surface area contributed by atoms with Gasteiger partial charge in [-0.1, -0.05) is 11.6 Å². The maximum atomic E-state index is 13.7. The van der Waals surface area contributed by atoms with Gasteiger partial charge in [0.05, 0.1) is 23.5 Å². The van der Waals surface area contributed by atoms with Crippen LogP contribution in [0.15, 0.2) is 48.5 Å². The van der Waals surface area contributed by atoms with Crippen molar-refractivity contribution >= 4 is 29.0 Å². The average molecular weight is 466 g/mol. The minimum absolute atomic E-state index is 0.0200. The van der Waals surface area contributed by atoms with E-state index in [0.717, 1.165) is 18.2 Å². The quantitative estimate of drug-likeness (QED) is 0.435. The van der Waals surface area contributed by atoms with E-state index in [1.165, 1.54) is 13.2 Å². The van der Waals surface area contributed by atoms with Crippen LogP contribution in [-0.4, -0.2) is 32.6 Å². The first-order valence-electron chi connectivity index (χ1n) is 8.91. The Kier molecular flexibility index (Phi) is 5.43. The monoisotopic (exact) mass is 465 g/mol. The lowest BCUT2D eigenvalue weighted by atomic mass is 10.1. The van der Waals surface area contributed by atoms with E-state index in [1.807, 2.05) is 0 Å². The molecule has 0 saturated heterocycles. The summed E-state index contributed by atoms with van der Waals surface area (Å²) in [4.78, 5) is 20.4. The fourth-order valence-electron chi connectivity index (χ4n) is 2.85. The molecule has 164 valence electrons. The Hall–Kier alpha value is -3.73. The van der Waals surface area contributed by atoms with Crippen molar-refractivity contribution in [2.24, 2.45) is 0 Å². The molecule has 4 aromatic rings. The molecule has 1 amide bonds. The van der Waals surface area contributed by atoms with Crippen molar-refractivity contribution in [2.45, 2.75) is 6.18 Å². The Morgan fingerprint density at radius 3 is 2.44 bits per heavy atom. The third kappa shape index (κ3) is 4.19. The first kappa shape index (κ1) is 21.5. The van der Waals surface area contributed by atoms with Crippen LogP contribution in [0, 0.1) is 5.82 Å². The number of nitrogens with one attached hydrogen (secondary N) is 1. The molecule has 1 N–H and O–H groups in total. The average Bonchev–Trinajstić information content (AvgIpc) is 3.18. The van der Waals surface area contributed by atoms with Gasteiger partial charge in [0.25, 0.3) is 11.7 Å². The Balaban J connectivity index is 1.76. The molecule has 7 nitrogen and oxygen atoms in total. The number of nitrogens with zero attached hydrogens (tertiary/aromatic N) is 4. The van der Waals surface area contributed by atoms with Gasteiger partial charge in [0.2, 0.25) is 5.82 Å². The summed E-state index contributed by atoms with van der Waals surface area (Å²) in [5.41, 5.74) is -0.765. The highest BCUT2D eigenvalue weighted by atomic mass is 35.5. The number of hydrogen-bond acceptors (Lipinski definition) is 5. The van der Waals surface area contributed by atoms with E-state index in [4.69, 9.17) is 16.3 Å². The zero-order chi connectivity index (χ0) is 23.0. The first-order chi connectivity index (χ1) is 15.2. The maximum absolute atomic E-state index is 13.7. The van der Waals surface area contributed by atoms with E-state index < -0.39 is 35.2 Å². The van der Waals surface area contributed by atoms with E-state index in [0.29, 0.717) is 15.8 Å². The topological polar surface area (TPSA) is 81.4 Å². The van der Waals surface area contributed by atoms with Crippen LogP contribution in [0.1, 0.15) is 16.3 Å². The molecule has 2 aromatic heterocycles. The summed E-state index contributed by atoms with van der Waals surface area (Å²) in [6, 6.07) is 10.3. The molecule has 4 rings (SSSR count). The Morgan fingerprint density at radius 2 is 1.81 bits per heavy atom. The molecule has 0 bridgehead atoms. The van der Waals surface area contributed by atoms with Crippen LogP contribution in [0.4, 0.5) is 23.2 Å². The summed E-state index contributed by atoms with van der Waals surface area (Å²) in [5, 5.41) is 5.89. The van der Waals surface area contributed by atoms with Crippen molar-refractivity contribution in [2.75, 3.05) is 12.4 Å². The molecule has 0 unspecified atom stereocenters. The van der Waals surface area contributed by atoms with Gasteiger partial charge >= 0.3 is 6.18 Å². The van der Waals surface area contributed by atoms with Crippen LogP contribution < -0.4 is 10.1 Å². The van der Waals surface area contributed by atoms with Gasteiger partial charge in [0.1, 0.15) is 11.6 Å². The standard InChI is InChI=1S/C20H12ClF4N5O2/c1-32-12-5-2-10(3-6-12)15-9-16(20(23,24)25)30-19(27-15)28-17(29-30)18(31)26-14-7-4-11(22)8-13(14)21/h2-9H,1H3,(H,26,31). The highest BCUT2D eigenvalue weighted by Crippen LogP contribution is 2.32. The number of amides is 1. The van der Waals surface area contributed by atoms with Crippen LogP contribution in [-0.2, 0) is 6.18 Å². The van der Waals surface area contributed by atoms with Gasteiger partial charge in [0, 0.05) is 5.56 Å². The van der Waals surface area contributed by atoms with E-state index in [1.54, 1.807) is 24.3 Å². The number of hydrogen-bond donors (Lipinski definition) is 1. The predicted molar refractivity (Wildman–Crippen MR) is 107 cm³/mol. The number of anilines is 1. The van der Waals surface area contributed by atoms with E-state index >= 15 is 0 Å². The lowest BCUT2D eigenvalue weighted by molar-refractivity contribution is -0.142. The zero-order valence-electron chi connectivity index (χ0n) is 16.1. The molecule has 2 heterocycles. The van der Waals surface area contributed by atoms with E-state index in [9.17, 15) is 22.4 Å². The second-order valence-electron chi connectivity index (χ2n) is 6.48. The number of rotatable bonds is 4. The van der Waals surface area contributed by atoms with Gasteiger partial charge in [-0.25, -0.2) is 9.37 Å². The molecular weight excluding hydrogens is 454 g/mol. The van der Waals surface area contributed by atoms with Crippen molar-refractivity contribution in [1.82, 2.24) is 19.6 Å².